The van der Waals surface area contributed by atoms with Gasteiger partial charge in [0, 0.05) is 38.5 Å². The van der Waals surface area contributed by atoms with Crippen molar-refractivity contribution in [1.29, 1.82) is 0 Å². The molecule has 0 fully saturated rings. The van der Waals surface area contributed by atoms with E-state index in [0.717, 1.165) is 17.2 Å². The maximum Gasteiger partial charge on any atom is 0.332 e. The maximum atomic E-state index is 12.0. The molecule has 0 aliphatic rings. The summed E-state index contributed by atoms with van der Waals surface area (Å²) in [4.78, 5) is 71.1. The van der Waals surface area contributed by atoms with Gasteiger partial charge in [-0.15, -0.1) is 0 Å². The zero-order valence-corrected chi connectivity index (χ0v) is 18.7. The number of aliphatic carboxylic acids is 4. The molecule has 15 nitrogen and oxygen atoms in total. The van der Waals surface area contributed by atoms with Crippen molar-refractivity contribution in [2.24, 2.45) is 0 Å². The highest BCUT2D eigenvalue weighted by atomic mass is 16.5. The predicted molar refractivity (Wildman–Crippen MR) is 114 cm³/mol. The van der Waals surface area contributed by atoms with E-state index in [2.05, 4.69) is 10.1 Å². The van der Waals surface area contributed by atoms with Gasteiger partial charge in [0.1, 0.15) is 0 Å². The van der Waals surface area contributed by atoms with Crippen molar-refractivity contribution in [3.63, 3.8) is 0 Å². The number of ether oxygens (including phenoxy) is 1. The highest BCUT2D eigenvalue weighted by Gasteiger charge is 2.19. The van der Waals surface area contributed by atoms with Gasteiger partial charge in [-0.05, 0) is 6.92 Å². The molecule has 0 bridgehead atoms. The van der Waals surface area contributed by atoms with Gasteiger partial charge in [-0.1, -0.05) is 0 Å². The van der Waals surface area contributed by atoms with Gasteiger partial charge in [0.15, 0.2) is 0 Å². The van der Waals surface area contributed by atoms with Crippen LogP contribution in [0.1, 0.15) is 6.92 Å². The van der Waals surface area contributed by atoms with Gasteiger partial charge in [-0.3, -0.25) is 38.7 Å². The molecule has 0 atom stereocenters. The van der Waals surface area contributed by atoms with Gasteiger partial charge >= 0.3 is 29.8 Å². The maximum absolute atomic E-state index is 12.0. The average Bonchev–Trinajstić information content (AvgIpc) is 2.68. The standard InChI is InChI=1S/C19H30N4O11/c1-2-34-19(33)3-4-20-14(24)9-22(11-16(27)28)7-5-21(10-15(25)26)6-8-23(12-17(29)30)13-18(31)32/h3-4H,2,5-13H2,1H3,(H,20,24)(H,25,26)(H,27,28)(H,29,30)(H,31,32)/b4-3-. The molecular formula is C19H30N4O11. The summed E-state index contributed by atoms with van der Waals surface area (Å²) in [6.07, 6.45) is 2.03. The van der Waals surface area contributed by atoms with E-state index in [1.165, 1.54) is 9.80 Å². The van der Waals surface area contributed by atoms with Crippen LogP contribution in [-0.2, 0) is 33.5 Å². The molecule has 0 rings (SSSR count). The van der Waals surface area contributed by atoms with Crippen LogP contribution in [0.4, 0.5) is 0 Å². The number of carboxylic acids is 4. The molecule has 0 aliphatic carbocycles. The molecule has 0 unspecified atom stereocenters. The van der Waals surface area contributed by atoms with Crippen molar-refractivity contribution in [2.45, 2.75) is 6.92 Å². The molecule has 0 aromatic carbocycles. The number of esters is 1. The van der Waals surface area contributed by atoms with E-state index in [1.54, 1.807) is 6.92 Å². The van der Waals surface area contributed by atoms with Crippen LogP contribution < -0.4 is 5.32 Å². The third-order valence-corrected chi connectivity index (χ3v) is 4.02. The van der Waals surface area contributed by atoms with Crippen LogP contribution in [0.5, 0.6) is 0 Å². The normalized spacial score (nSPS) is 11.2. The van der Waals surface area contributed by atoms with Gasteiger partial charge in [0.05, 0.1) is 39.3 Å². The molecule has 192 valence electrons. The summed E-state index contributed by atoms with van der Waals surface area (Å²) in [5.74, 6) is -6.22. The first-order valence-corrected chi connectivity index (χ1v) is 10.1. The largest absolute Gasteiger partial charge is 0.480 e. The van der Waals surface area contributed by atoms with Crippen molar-refractivity contribution < 1.29 is 53.9 Å². The van der Waals surface area contributed by atoms with E-state index in [1.807, 2.05) is 0 Å². The topological polar surface area (TPSA) is 214 Å². The highest BCUT2D eigenvalue weighted by Crippen LogP contribution is 1.97. The van der Waals surface area contributed by atoms with Crippen LogP contribution in [0, 0.1) is 0 Å². The van der Waals surface area contributed by atoms with Crippen molar-refractivity contribution in [3.8, 4) is 0 Å². The van der Waals surface area contributed by atoms with Crippen LogP contribution in [0.25, 0.3) is 0 Å². The van der Waals surface area contributed by atoms with Crippen LogP contribution in [-0.4, -0.2) is 136 Å². The second-order valence-corrected chi connectivity index (χ2v) is 6.93. The molecule has 5 N–H and O–H groups in total. The van der Waals surface area contributed by atoms with Crippen molar-refractivity contribution in [2.75, 3.05) is 65.5 Å². The highest BCUT2D eigenvalue weighted by molar-refractivity contribution is 5.84. The summed E-state index contributed by atoms with van der Waals surface area (Å²) in [7, 11) is 0. The number of nitrogens with one attached hydrogen (secondary N) is 1. The molecule has 34 heavy (non-hydrogen) atoms. The van der Waals surface area contributed by atoms with Crippen molar-refractivity contribution in [3.05, 3.63) is 12.3 Å². The van der Waals surface area contributed by atoms with E-state index >= 15 is 0 Å². The van der Waals surface area contributed by atoms with Gasteiger partial charge in [0.25, 0.3) is 0 Å². The first-order chi connectivity index (χ1) is 15.9. The summed E-state index contributed by atoms with van der Waals surface area (Å²) in [6, 6.07) is 0. The molecule has 0 saturated heterocycles. The second kappa shape index (κ2) is 17.0. The van der Waals surface area contributed by atoms with Gasteiger partial charge < -0.3 is 30.5 Å². The fraction of sp³-hybridized carbons (Fsp3) is 0.579. The van der Waals surface area contributed by atoms with E-state index in [-0.39, 0.29) is 39.3 Å². The molecule has 0 heterocycles. The van der Waals surface area contributed by atoms with E-state index in [4.69, 9.17) is 20.4 Å². The van der Waals surface area contributed by atoms with Crippen LogP contribution in [0.2, 0.25) is 0 Å². The Morgan fingerprint density at radius 3 is 1.47 bits per heavy atom. The number of carbonyl (C=O) groups is 6. The smallest absolute Gasteiger partial charge is 0.332 e. The summed E-state index contributed by atoms with van der Waals surface area (Å²) in [5.41, 5.74) is 0. The lowest BCUT2D eigenvalue weighted by Gasteiger charge is -2.27. The predicted octanol–water partition coefficient (Wildman–Crippen LogP) is -2.58. The number of amides is 1. The Balaban J connectivity index is 5.01. The lowest BCUT2D eigenvalue weighted by Crippen LogP contribution is -2.46. The van der Waals surface area contributed by atoms with Crippen LogP contribution >= 0.6 is 0 Å². The fourth-order valence-corrected chi connectivity index (χ4v) is 2.67. The minimum Gasteiger partial charge on any atom is -0.480 e. The number of nitrogens with zero attached hydrogens (tertiary/aromatic N) is 3. The van der Waals surface area contributed by atoms with Gasteiger partial charge in [-0.2, -0.15) is 0 Å². The Hall–Kier alpha value is -3.56. The number of rotatable bonds is 19. The minimum atomic E-state index is -1.25. The Bertz CT molecular complexity index is 741. The summed E-state index contributed by atoms with van der Waals surface area (Å²) >= 11 is 0. The zero-order chi connectivity index (χ0) is 26.1. The van der Waals surface area contributed by atoms with E-state index in [0.29, 0.717) is 0 Å². The first-order valence-electron chi connectivity index (χ1n) is 10.1. The Morgan fingerprint density at radius 2 is 1.06 bits per heavy atom. The summed E-state index contributed by atoms with van der Waals surface area (Å²) in [5, 5.41) is 38.3. The zero-order valence-electron chi connectivity index (χ0n) is 18.7. The molecule has 0 radical (unpaired) electrons. The molecule has 0 aliphatic heterocycles. The molecule has 0 aromatic heterocycles. The Morgan fingerprint density at radius 1 is 0.676 bits per heavy atom. The third-order valence-electron chi connectivity index (χ3n) is 4.02. The summed E-state index contributed by atoms with van der Waals surface area (Å²) in [6.45, 7) is -0.833. The van der Waals surface area contributed by atoms with E-state index in [9.17, 15) is 28.8 Å². The monoisotopic (exact) mass is 490 g/mol. The fourth-order valence-electron chi connectivity index (χ4n) is 2.67. The SMILES string of the molecule is CCOC(=O)/C=C\NC(=O)CN(CCN(CCN(CC(=O)O)CC(=O)O)CC(=O)O)CC(=O)O. The number of hydrogen-bond acceptors (Lipinski definition) is 10. The average molecular weight is 490 g/mol. The third kappa shape index (κ3) is 17.0. The minimum absolute atomic E-state index is 0.000488. The van der Waals surface area contributed by atoms with E-state index < -0.39 is 61.9 Å². The van der Waals surface area contributed by atoms with Gasteiger partial charge in [0.2, 0.25) is 5.91 Å². The Kier molecular flexibility index (Phi) is 15.2. The molecule has 1 amide bonds. The number of carboxylic acid groups (broad SMARTS) is 4. The van der Waals surface area contributed by atoms with Crippen molar-refractivity contribution >= 4 is 35.8 Å². The number of carbonyl (C=O) groups excluding carboxylic acids is 2. The molecule has 0 aromatic rings. The second-order valence-electron chi connectivity index (χ2n) is 6.93. The van der Waals surface area contributed by atoms with Crippen LogP contribution in [0.3, 0.4) is 0 Å². The lowest BCUT2D eigenvalue weighted by molar-refractivity contribution is -0.143. The van der Waals surface area contributed by atoms with Crippen molar-refractivity contribution in [1.82, 2.24) is 20.0 Å². The number of hydrogen-bond donors (Lipinski definition) is 5. The molecule has 15 heteroatoms. The van der Waals surface area contributed by atoms with Gasteiger partial charge in [-0.25, -0.2) is 4.79 Å². The van der Waals surface area contributed by atoms with Crippen LogP contribution in [0.15, 0.2) is 12.3 Å². The lowest BCUT2D eigenvalue weighted by atomic mass is 10.3. The first kappa shape index (κ1) is 30.4. The Labute approximate surface area is 195 Å². The molecule has 0 saturated carbocycles. The summed E-state index contributed by atoms with van der Waals surface area (Å²) < 4.78 is 4.65. The molecule has 0 spiro atoms. The quantitative estimate of drug-likeness (QED) is 0.0929. The molecular weight excluding hydrogens is 460 g/mol.